The van der Waals surface area contributed by atoms with Crippen LogP contribution in [0.5, 0.6) is 0 Å². The molecule has 12 heteroatoms. The average Bonchev–Trinajstić information content (AvgIpc) is 2.44. The summed E-state index contributed by atoms with van der Waals surface area (Å²) in [4.78, 5) is 0. The van der Waals surface area contributed by atoms with E-state index in [-0.39, 0.29) is 11.5 Å². The summed E-state index contributed by atoms with van der Waals surface area (Å²) in [5, 5.41) is 0. The molecule has 2 unspecified atom stereocenters. The lowest BCUT2D eigenvalue weighted by molar-refractivity contribution is -0.00155. The smallest absolute Gasteiger partial charge is 0.141 e. The monoisotopic (exact) mass is 426 g/mol. The molecule has 0 heterocycles. The minimum absolute atomic E-state index is 0.0608. The molecular weight excluding hydrogens is 400 g/mol. The van der Waals surface area contributed by atoms with Crippen LogP contribution in [0.25, 0.3) is 0 Å². The Bertz CT molecular complexity index is 445. The van der Waals surface area contributed by atoms with Gasteiger partial charge in [-0.05, 0) is 12.8 Å². The molecule has 24 heavy (non-hydrogen) atoms. The second kappa shape index (κ2) is 14.6. The van der Waals surface area contributed by atoms with Crippen LogP contribution in [-0.4, -0.2) is 81.9 Å². The quantitative estimate of drug-likeness (QED) is 0.314. The number of hydrogen-bond acceptors (Lipinski definition) is 8. The molecule has 0 aromatic carbocycles. The van der Waals surface area contributed by atoms with Crippen molar-refractivity contribution >= 4 is 39.9 Å². The average molecular weight is 427 g/mol. The van der Waals surface area contributed by atoms with Gasteiger partial charge in [0.25, 0.3) is 0 Å². The van der Waals surface area contributed by atoms with E-state index in [1.165, 1.54) is 0 Å². The molecule has 0 saturated carbocycles. The zero-order valence-corrected chi connectivity index (χ0v) is 16.7. The Morgan fingerprint density at radius 1 is 0.583 bits per heavy atom. The highest BCUT2D eigenvalue weighted by Gasteiger charge is 2.00. The van der Waals surface area contributed by atoms with E-state index in [4.69, 9.17) is 28.1 Å². The second-order valence-corrected chi connectivity index (χ2v) is 11.0. The van der Waals surface area contributed by atoms with Crippen molar-refractivity contribution in [1.82, 2.24) is 0 Å². The summed E-state index contributed by atoms with van der Waals surface area (Å²) in [7, 11) is -6.16. The molecule has 0 aromatic rings. The van der Waals surface area contributed by atoms with E-state index in [0.29, 0.717) is 65.7 Å². The summed E-state index contributed by atoms with van der Waals surface area (Å²) in [6.45, 7) is 3.27. The van der Waals surface area contributed by atoms with Crippen molar-refractivity contribution in [2.75, 3.05) is 64.4 Å². The number of ether oxygens (including phenoxy) is 4. The molecule has 0 fully saturated rings. The lowest BCUT2D eigenvalue weighted by Crippen LogP contribution is -2.13. The SMILES string of the molecule is O=S(O)(=S)CCCOCCOCCOCCOCCCS(=O)(O)=S. The molecule has 8 nitrogen and oxygen atoms in total. The first-order chi connectivity index (χ1) is 11.2. The van der Waals surface area contributed by atoms with Crippen molar-refractivity contribution in [1.29, 1.82) is 0 Å². The minimum atomic E-state index is -3.08. The fraction of sp³-hybridized carbons (Fsp3) is 1.00. The van der Waals surface area contributed by atoms with Gasteiger partial charge in [0.15, 0.2) is 0 Å². The molecule has 0 rings (SSSR count). The Labute approximate surface area is 153 Å². The van der Waals surface area contributed by atoms with Crippen LogP contribution in [0.3, 0.4) is 0 Å². The first kappa shape index (κ1) is 24.5. The maximum absolute atomic E-state index is 10.8. The molecule has 0 aliphatic rings. The zero-order valence-electron chi connectivity index (χ0n) is 13.5. The second-order valence-electron chi connectivity index (χ2n) is 4.73. The van der Waals surface area contributed by atoms with Gasteiger partial charge in [0.2, 0.25) is 0 Å². The van der Waals surface area contributed by atoms with Crippen molar-refractivity contribution < 1.29 is 36.5 Å². The highest BCUT2D eigenvalue weighted by Crippen LogP contribution is 1.92. The van der Waals surface area contributed by atoms with Gasteiger partial charge in [-0.3, -0.25) is 0 Å². The molecule has 0 aliphatic heterocycles. The fourth-order valence-corrected chi connectivity index (χ4v) is 3.12. The molecule has 0 aromatic heterocycles. The van der Waals surface area contributed by atoms with Gasteiger partial charge in [0.05, 0.1) is 51.1 Å². The van der Waals surface area contributed by atoms with Gasteiger partial charge < -0.3 is 28.1 Å². The van der Waals surface area contributed by atoms with E-state index in [9.17, 15) is 8.42 Å². The van der Waals surface area contributed by atoms with E-state index < -0.39 is 17.5 Å². The van der Waals surface area contributed by atoms with E-state index in [0.717, 1.165) is 0 Å². The predicted molar refractivity (Wildman–Crippen MR) is 98.5 cm³/mol. The Kier molecular flexibility index (Phi) is 15.0. The molecule has 0 radical (unpaired) electrons. The van der Waals surface area contributed by atoms with Gasteiger partial charge in [0.1, 0.15) is 17.5 Å². The normalized spacial score (nSPS) is 16.6. The first-order valence-electron chi connectivity index (χ1n) is 7.42. The lowest BCUT2D eigenvalue weighted by atomic mass is 10.5. The van der Waals surface area contributed by atoms with Crippen LogP contribution in [-0.2, 0) is 58.9 Å². The fourth-order valence-electron chi connectivity index (χ4n) is 1.45. The highest BCUT2D eigenvalue weighted by atomic mass is 32.8. The molecule has 2 N–H and O–H groups in total. The molecule has 146 valence electrons. The number of hydrogen-bond donors (Lipinski definition) is 2. The van der Waals surface area contributed by atoms with Crippen LogP contribution < -0.4 is 0 Å². The van der Waals surface area contributed by atoms with Crippen LogP contribution in [0.15, 0.2) is 0 Å². The van der Waals surface area contributed by atoms with Crippen molar-refractivity contribution in [3.63, 3.8) is 0 Å². The summed E-state index contributed by atoms with van der Waals surface area (Å²) < 4.78 is 60.3. The van der Waals surface area contributed by atoms with Gasteiger partial charge in [-0.15, -0.1) is 0 Å². The van der Waals surface area contributed by atoms with Crippen LogP contribution in [0.1, 0.15) is 12.8 Å². The Balaban J connectivity index is 3.13. The highest BCUT2D eigenvalue weighted by molar-refractivity contribution is 8.30. The van der Waals surface area contributed by atoms with Gasteiger partial charge in [-0.2, -0.15) is 0 Å². The molecule has 2 atom stereocenters. The third kappa shape index (κ3) is 22.5. The lowest BCUT2D eigenvalue weighted by Gasteiger charge is -2.07. The molecular formula is C12H26O8S4. The van der Waals surface area contributed by atoms with E-state index in [1.807, 2.05) is 0 Å². The molecule has 0 bridgehead atoms. The molecule has 0 spiro atoms. The standard InChI is InChI=1S/C12H26O8S4/c13-23(14,21)11-1-3-17-5-7-19-9-10-20-8-6-18-4-2-12-24(15,16)22/h1-12H2,(H,13,14,21)(H,15,16,22). The summed E-state index contributed by atoms with van der Waals surface area (Å²) in [6, 6.07) is 0. The third-order valence-corrected chi connectivity index (χ3v) is 5.11. The van der Waals surface area contributed by atoms with Crippen LogP contribution in [0.2, 0.25) is 0 Å². The summed E-state index contributed by atoms with van der Waals surface area (Å²) in [5.41, 5.74) is 0. The third-order valence-electron chi connectivity index (χ3n) is 2.50. The largest absolute Gasteiger partial charge is 0.379 e. The van der Waals surface area contributed by atoms with Crippen molar-refractivity contribution in [3.05, 3.63) is 0 Å². The van der Waals surface area contributed by atoms with Crippen LogP contribution in [0, 0.1) is 0 Å². The van der Waals surface area contributed by atoms with Crippen LogP contribution in [0.4, 0.5) is 0 Å². The Morgan fingerprint density at radius 3 is 1.08 bits per heavy atom. The van der Waals surface area contributed by atoms with Gasteiger partial charge in [-0.1, -0.05) is 0 Å². The minimum Gasteiger partial charge on any atom is -0.379 e. The summed E-state index contributed by atoms with van der Waals surface area (Å²) in [6.07, 6.45) is 0.896. The zero-order chi connectivity index (χ0) is 18.3. The van der Waals surface area contributed by atoms with Crippen molar-refractivity contribution in [2.24, 2.45) is 0 Å². The molecule has 0 amide bonds. The van der Waals surface area contributed by atoms with E-state index >= 15 is 0 Å². The summed E-state index contributed by atoms with van der Waals surface area (Å²) >= 11 is 8.71. The van der Waals surface area contributed by atoms with Gasteiger partial charge >= 0.3 is 0 Å². The van der Waals surface area contributed by atoms with E-state index in [1.54, 1.807) is 0 Å². The maximum atomic E-state index is 10.8. The van der Waals surface area contributed by atoms with Crippen LogP contribution >= 0.6 is 0 Å². The summed E-state index contributed by atoms with van der Waals surface area (Å²) in [5.74, 6) is 0.122. The topological polar surface area (TPSA) is 112 Å². The number of rotatable bonds is 17. The first-order valence-corrected chi connectivity index (χ1v) is 12.6. The van der Waals surface area contributed by atoms with Gasteiger partial charge in [0, 0.05) is 35.6 Å². The Morgan fingerprint density at radius 2 is 0.833 bits per heavy atom. The van der Waals surface area contributed by atoms with E-state index in [2.05, 4.69) is 22.4 Å². The van der Waals surface area contributed by atoms with Gasteiger partial charge in [-0.25, -0.2) is 8.42 Å². The predicted octanol–water partition coefficient (Wildman–Crippen LogP) is 0.272. The van der Waals surface area contributed by atoms with Crippen molar-refractivity contribution in [3.8, 4) is 0 Å². The maximum Gasteiger partial charge on any atom is 0.141 e. The molecule has 0 aliphatic carbocycles. The molecule has 0 saturated heterocycles. The van der Waals surface area contributed by atoms with Crippen molar-refractivity contribution in [2.45, 2.75) is 12.8 Å². The Hall–Kier alpha value is 0.500.